The SMILES string of the molecule is CCNC(c1ncc[nH]1)c1cc(OC)ccc1OC. The van der Waals surface area contributed by atoms with Crippen molar-refractivity contribution >= 4 is 0 Å². The van der Waals surface area contributed by atoms with Gasteiger partial charge in [0.15, 0.2) is 0 Å². The van der Waals surface area contributed by atoms with Gasteiger partial charge < -0.3 is 19.8 Å². The number of aromatic nitrogens is 2. The molecule has 2 N–H and O–H groups in total. The molecule has 0 spiro atoms. The van der Waals surface area contributed by atoms with Gasteiger partial charge >= 0.3 is 0 Å². The summed E-state index contributed by atoms with van der Waals surface area (Å²) in [6.45, 7) is 2.88. The Morgan fingerprint density at radius 1 is 1.32 bits per heavy atom. The second kappa shape index (κ2) is 6.24. The second-order valence-electron chi connectivity index (χ2n) is 4.07. The van der Waals surface area contributed by atoms with E-state index >= 15 is 0 Å². The lowest BCUT2D eigenvalue weighted by Crippen LogP contribution is -2.23. The van der Waals surface area contributed by atoms with Crippen molar-refractivity contribution in [3.05, 3.63) is 42.0 Å². The molecule has 0 fully saturated rings. The molecule has 0 saturated carbocycles. The molecule has 1 atom stereocenters. The van der Waals surface area contributed by atoms with Crippen molar-refractivity contribution in [2.75, 3.05) is 20.8 Å². The third kappa shape index (κ3) is 2.88. The van der Waals surface area contributed by atoms with Crippen LogP contribution in [0.15, 0.2) is 30.6 Å². The number of hydrogen-bond acceptors (Lipinski definition) is 4. The smallest absolute Gasteiger partial charge is 0.127 e. The van der Waals surface area contributed by atoms with Gasteiger partial charge in [-0.1, -0.05) is 6.92 Å². The van der Waals surface area contributed by atoms with Crippen LogP contribution in [0.1, 0.15) is 24.4 Å². The van der Waals surface area contributed by atoms with Crippen molar-refractivity contribution in [2.24, 2.45) is 0 Å². The van der Waals surface area contributed by atoms with E-state index in [-0.39, 0.29) is 6.04 Å². The predicted octanol–water partition coefficient (Wildman–Crippen LogP) is 2.13. The van der Waals surface area contributed by atoms with Gasteiger partial charge in [-0.05, 0) is 24.7 Å². The third-order valence-corrected chi connectivity index (χ3v) is 2.95. The lowest BCUT2D eigenvalue weighted by Gasteiger charge is -2.19. The average Bonchev–Trinajstić information content (AvgIpc) is 2.98. The van der Waals surface area contributed by atoms with Crippen LogP contribution >= 0.6 is 0 Å². The molecule has 19 heavy (non-hydrogen) atoms. The highest BCUT2D eigenvalue weighted by Crippen LogP contribution is 2.31. The molecule has 102 valence electrons. The van der Waals surface area contributed by atoms with Gasteiger partial charge in [0.05, 0.1) is 20.3 Å². The third-order valence-electron chi connectivity index (χ3n) is 2.95. The molecule has 0 aliphatic rings. The van der Waals surface area contributed by atoms with Crippen molar-refractivity contribution in [1.29, 1.82) is 0 Å². The fourth-order valence-electron chi connectivity index (χ4n) is 2.06. The molecule has 1 heterocycles. The van der Waals surface area contributed by atoms with E-state index in [9.17, 15) is 0 Å². The molecule has 0 radical (unpaired) electrons. The normalized spacial score (nSPS) is 12.2. The minimum atomic E-state index is -0.0509. The van der Waals surface area contributed by atoms with Gasteiger partial charge in [0, 0.05) is 18.0 Å². The number of nitrogens with zero attached hydrogens (tertiary/aromatic N) is 1. The lowest BCUT2D eigenvalue weighted by molar-refractivity contribution is 0.393. The Kier molecular flexibility index (Phi) is 4.41. The minimum absolute atomic E-state index is 0.0509. The van der Waals surface area contributed by atoms with E-state index in [0.29, 0.717) is 0 Å². The van der Waals surface area contributed by atoms with Crippen LogP contribution in [0.25, 0.3) is 0 Å². The molecular weight excluding hydrogens is 242 g/mol. The van der Waals surface area contributed by atoms with Gasteiger partial charge in [-0.3, -0.25) is 0 Å². The van der Waals surface area contributed by atoms with Crippen LogP contribution in [0, 0.1) is 0 Å². The molecule has 1 aromatic carbocycles. The number of aromatic amines is 1. The van der Waals surface area contributed by atoms with Gasteiger partial charge in [0.2, 0.25) is 0 Å². The second-order valence-corrected chi connectivity index (χ2v) is 4.07. The molecule has 2 aromatic rings. The Hall–Kier alpha value is -2.01. The highest BCUT2D eigenvalue weighted by atomic mass is 16.5. The summed E-state index contributed by atoms with van der Waals surface area (Å²) < 4.78 is 10.7. The van der Waals surface area contributed by atoms with Crippen molar-refractivity contribution < 1.29 is 9.47 Å². The zero-order valence-electron chi connectivity index (χ0n) is 11.4. The maximum atomic E-state index is 5.43. The Balaban J connectivity index is 2.45. The molecule has 0 aliphatic carbocycles. The molecule has 0 saturated heterocycles. The number of rotatable bonds is 6. The van der Waals surface area contributed by atoms with Crippen LogP contribution in [0.5, 0.6) is 11.5 Å². The Morgan fingerprint density at radius 3 is 2.74 bits per heavy atom. The summed E-state index contributed by atoms with van der Waals surface area (Å²) in [4.78, 5) is 7.47. The Labute approximate surface area is 113 Å². The first-order chi connectivity index (χ1) is 9.30. The van der Waals surface area contributed by atoms with Gasteiger partial charge in [-0.25, -0.2) is 4.98 Å². The van der Waals surface area contributed by atoms with Crippen LogP contribution in [-0.4, -0.2) is 30.7 Å². The number of hydrogen-bond donors (Lipinski definition) is 2. The molecule has 5 heteroatoms. The molecule has 0 bridgehead atoms. The number of benzene rings is 1. The van der Waals surface area contributed by atoms with Gasteiger partial charge in [-0.15, -0.1) is 0 Å². The molecule has 1 unspecified atom stereocenters. The first kappa shape index (κ1) is 13.4. The number of H-pyrrole nitrogens is 1. The summed E-state index contributed by atoms with van der Waals surface area (Å²) in [6.07, 6.45) is 3.55. The largest absolute Gasteiger partial charge is 0.497 e. The van der Waals surface area contributed by atoms with E-state index in [1.807, 2.05) is 24.4 Å². The van der Waals surface area contributed by atoms with Crippen LogP contribution < -0.4 is 14.8 Å². The number of imidazole rings is 1. The van der Waals surface area contributed by atoms with Crippen molar-refractivity contribution in [3.63, 3.8) is 0 Å². The summed E-state index contributed by atoms with van der Waals surface area (Å²) in [7, 11) is 3.32. The molecule has 0 amide bonds. The van der Waals surface area contributed by atoms with E-state index in [1.165, 1.54) is 0 Å². The molecule has 2 rings (SSSR count). The molecular formula is C14H19N3O2. The van der Waals surface area contributed by atoms with Gasteiger partial charge in [-0.2, -0.15) is 0 Å². The van der Waals surface area contributed by atoms with E-state index in [1.54, 1.807) is 20.4 Å². The zero-order valence-corrected chi connectivity index (χ0v) is 11.4. The first-order valence-electron chi connectivity index (χ1n) is 6.24. The zero-order chi connectivity index (χ0) is 13.7. The summed E-state index contributed by atoms with van der Waals surface area (Å²) >= 11 is 0. The van der Waals surface area contributed by atoms with Gasteiger partial charge in [0.25, 0.3) is 0 Å². The van der Waals surface area contributed by atoms with E-state index in [0.717, 1.165) is 29.4 Å². The number of methoxy groups -OCH3 is 2. The summed E-state index contributed by atoms with van der Waals surface area (Å²) in [6, 6.07) is 5.70. The van der Waals surface area contributed by atoms with Crippen molar-refractivity contribution in [2.45, 2.75) is 13.0 Å². The Bertz CT molecular complexity index is 511. The molecule has 1 aromatic heterocycles. The first-order valence-corrected chi connectivity index (χ1v) is 6.24. The lowest BCUT2D eigenvalue weighted by atomic mass is 10.0. The van der Waals surface area contributed by atoms with Crippen LogP contribution in [0.2, 0.25) is 0 Å². The maximum Gasteiger partial charge on any atom is 0.127 e. The number of nitrogens with one attached hydrogen (secondary N) is 2. The van der Waals surface area contributed by atoms with Crippen molar-refractivity contribution in [3.8, 4) is 11.5 Å². The average molecular weight is 261 g/mol. The van der Waals surface area contributed by atoms with Crippen LogP contribution in [0.4, 0.5) is 0 Å². The monoisotopic (exact) mass is 261 g/mol. The van der Waals surface area contributed by atoms with E-state index in [4.69, 9.17) is 9.47 Å². The maximum absolute atomic E-state index is 5.43. The Morgan fingerprint density at radius 2 is 2.16 bits per heavy atom. The van der Waals surface area contributed by atoms with E-state index in [2.05, 4.69) is 22.2 Å². The standard InChI is InChI=1S/C14H19N3O2/c1-4-15-13(14-16-7-8-17-14)11-9-10(18-2)5-6-12(11)19-3/h5-9,13,15H,4H2,1-3H3,(H,16,17). The van der Waals surface area contributed by atoms with Crippen LogP contribution in [-0.2, 0) is 0 Å². The summed E-state index contributed by atoms with van der Waals surface area (Å²) in [5.74, 6) is 2.46. The highest BCUT2D eigenvalue weighted by molar-refractivity contribution is 5.44. The fourth-order valence-corrected chi connectivity index (χ4v) is 2.06. The fraction of sp³-hybridized carbons (Fsp3) is 0.357. The highest BCUT2D eigenvalue weighted by Gasteiger charge is 2.20. The minimum Gasteiger partial charge on any atom is -0.497 e. The van der Waals surface area contributed by atoms with E-state index < -0.39 is 0 Å². The molecule has 5 nitrogen and oxygen atoms in total. The summed E-state index contributed by atoms with van der Waals surface area (Å²) in [5, 5.41) is 3.40. The molecule has 0 aliphatic heterocycles. The number of ether oxygens (including phenoxy) is 2. The van der Waals surface area contributed by atoms with Crippen LogP contribution in [0.3, 0.4) is 0 Å². The topological polar surface area (TPSA) is 59.2 Å². The summed E-state index contributed by atoms with van der Waals surface area (Å²) in [5.41, 5.74) is 0.999. The van der Waals surface area contributed by atoms with Crippen molar-refractivity contribution in [1.82, 2.24) is 15.3 Å². The van der Waals surface area contributed by atoms with Gasteiger partial charge in [0.1, 0.15) is 17.3 Å². The quantitative estimate of drug-likeness (QED) is 0.836. The predicted molar refractivity (Wildman–Crippen MR) is 73.7 cm³/mol.